The zero-order valence-electron chi connectivity index (χ0n) is 12.1. The number of nitrogens with zero attached hydrogens (tertiary/aromatic N) is 2. The maximum Gasteiger partial charge on any atom is 0.270 e. The van der Waals surface area contributed by atoms with E-state index in [0.717, 1.165) is 9.54 Å². The van der Waals surface area contributed by atoms with E-state index in [9.17, 15) is 13.2 Å². The van der Waals surface area contributed by atoms with Crippen LogP contribution in [0.3, 0.4) is 0 Å². The maximum atomic E-state index is 12.9. The van der Waals surface area contributed by atoms with Crippen LogP contribution in [0, 0.1) is 6.92 Å². The summed E-state index contributed by atoms with van der Waals surface area (Å²) in [6.07, 6.45) is 1.54. The highest BCUT2D eigenvalue weighted by atomic mass is 32.2. The van der Waals surface area contributed by atoms with Crippen molar-refractivity contribution in [2.45, 2.75) is 18.7 Å². The SMILES string of the molecule is CC(=O)c1cc2c(C)ccnc2n1S(=O)(=O)c1ccccc1. The van der Waals surface area contributed by atoms with Crippen LogP contribution in [-0.2, 0) is 10.0 Å². The lowest BCUT2D eigenvalue weighted by Gasteiger charge is -2.09. The van der Waals surface area contributed by atoms with Crippen molar-refractivity contribution < 1.29 is 13.2 Å². The number of ketones is 1. The molecule has 0 saturated heterocycles. The normalized spacial score (nSPS) is 11.7. The third-order valence-electron chi connectivity index (χ3n) is 3.52. The molecule has 2 heterocycles. The second-order valence-electron chi connectivity index (χ2n) is 5.03. The van der Waals surface area contributed by atoms with Gasteiger partial charge in [0, 0.05) is 18.5 Å². The Labute approximate surface area is 128 Å². The Morgan fingerprint density at radius 2 is 1.82 bits per heavy atom. The number of benzene rings is 1. The number of rotatable bonds is 3. The first-order valence-corrected chi connectivity index (χ1v) is 8.15. The lowest BCUT2D eigenvalue weighted by Crippen LogP contribution is -2.17. The molecule has 0 radical (unpaired) electrons. The lowest BCUT2D eigenvalue weighted by molar-refractivity contribution is 0.101. The first-order chi connectivity index (χ1) is 10.4. The predicted molar refractivity (Wildman–Crippen MR) is 83.5 cm³/mol. The average Bonchev–Trinajstić information content (AvgIpc) is 2.90. The van der Waals surface area contributed by atoms with Gasteiger partial charge in [-0.2, -0.15) is 0 Å². The van der Waals surface area contributed by atoms with Gasteiger partial charge in [0.1, 0.15) is 5.69 Å². The summed E-state index contributed by atoms with van der Waals surface area (Å²) in [5, 5.41) is 0.659. The van der Waals surface area contributed by atoms with E-state index in [4.69, 9.17) is 0 Å². The summed E-state index contributed by atoms with van der Waals surface area (Å²) in [4.78, 5) is 16.2. The molecule has 22 heavy (non-hydrogen) atoms. The Morgan fingerprint density at radius 3 is 2.45 bits per heavy atom. The van der Waals surface area contributed by atoms with E-state index in [1.807, 2.05) is 6.92 Å². The average molecular weight is 314 g/mol. The van der Waals surface area contributed by atoms with E-state index < -0.39 is 10.0 Å². The van der Waals surface area contributed by atoms with Crippen LogP contribution < -0.4 is 0 Å². The fourth-order valence-electron chi connectivity index (χ4n) is 2.39. The van der Waals surface area contributed by atoms with Crippen LogP contribution >= 0.6 is 0 Å². The molecule has 1 aromatic carbocycles. The number of carbonyl (C=O) groups excluding carboxylic acids is 1. The minimum atomic E-state index is -3.88. The molecule has 0 aliphatic heterocycles. The smallest absolute Gasteiger partial charge is 0.270 e. The third kappa shape index (κ3) is 2.12. The topological polar surface area (TPSA) is 69.0 Å². The van der Waals surface area contributed by atoms with Gasteiger partial charge >= 0.3 is 0 Å². The largest absolute Gasteiger partial charge is 0.293 e. The Balaban J connectivity index is 2.42. The molecule has 0 amide bonds. The third-order valence-corrected chi connectivity index (χ3v) is 5.24. The molecule has 0 aliphatic rings. The number of carbonyl (C=O) groups is 1. The zero-order chi connectivity index (χ0) is 15.9. The zero-order valence-corrected chi connectivity index (χ0v) is 13.0. The standard InChI is InChI=1S/C16H14N2O3S/c1-11-8-9-17-16-14(11)10-15(12(2)19)18(16)22(20,21)13-6-4-3-5-7-13/h3-10H,1-2H3. The molecule has 112 valence electrons. The van der Waals surface area contributed by atoms with Crippen LogP contribution in [0.5, 0.6) is 0 Å². The second-order valence-corrected chi connectivity index (χ2v) is 6.82. The van der Waals surface area contributed by atoms with E-state index in [1.165, 1.54) is 19.1 Å². The Hall–Kier alpha value is -2.47. The number of hydrogen-bond donors (Lipinski definition) is 0. The summed E-state index contributed by atoms with van der Waals surface area (Å²) >= 11 is 0. The van der Waals surface area contributed by atoms with Crippen LogP contribution in [0.25, 0.3) is 11.0 Å². The van der Waals surface area contributed by atoms with E-state index in [0.29, 0.717) is 5.39 Å². The summed E-state index contributed by atoms with van der Waals surface area (Å²) in [5.41, 5.74) is 1.25. The minimum Gasteiger partial charge on any atom is -0.293 e. The molecule has 0 fully saturated rings. The minimum absolute atomic E-state index is 0.112. The van der Waals surface area contributed by atoms with Gasteiger partial charge in [0.25, 0.3) is 10.0 Å². The first kappa shape index (κ1) is 14.5. The molecule has 3 aromatic rings. The van der Waals surface area contributed by atoms with E-state index in [-0.39, 0.29) is 22.0 Å². The van der Waals surface area contributed by atoms with Gasteiger partial charge in [-0.1, -0.05) is 18.2 Å². The molecular weight excluding hydrogens is 300 g/mol. The fraction of sp³-hybridized carbons (Fsp3) is 0.125. The second kappa shape index (κ2) is 5.06. The molecule has 5 nitrogen and oxygen atoms in total. The Bertz CT molecular complexity index is 973. The molecular formula is C16H14N2O3S. The summed E-state index contributed by atoms with van der Waals surface area (Å²) in [7, 11) is -3.88. The number of fused-ring (bicyclic) bond motifs is 1. The quantitative estimate of drug-likeness (QED) is 0.697. The number of pyridine rings is 1. The van der Waals surface area contributed by atoms with E-state index >= 15 is 0 Å². The van der Waals surface area contributed by atoms with Gasteiger partial charge in [-0.3, -0.25) is 4.79 Å². The Kier molecular flexibility index (Phi) is 3.33. The van der Waals surface area contributed by atoms with Crippen molar-refractivity contribution in [1.82, 2.24) is 8.96 Å². The first-order valence-electron chi connectivity index (χ1n) is 6.71. The lowest BCUT2D eigenvalue weighted by atomic mass is 10.2. The molecule has 0 unspecified atom stereocenters. The van der Waals surface area contributed by atoms with Crippen molar-refractivity contribution in [1.29, 1.82) is 0 Å². The van der Waals surface area contributed by atoms with Crippen molar-refractivity contribution in [2.75, 3.05) is 0 Å². The molecule has 0 aliphatic carbocycles. The molecule has 0 N–H and O–H groups in total. The van der Waals surface area contributed by atoms with Crippen molar-refractivity contribution >= 4 is 26.8 Å². The molecule has 3 rings (SSSR count). The van der Waals surface area contributed by atoms with Crippen molar-refractivity contribution in [3.05, 3.63) is 59.9 Å². The fourth-order valence-corrected chi connectivity index (χ4v) is 3.92. The predicted octanol–water partition coefficient (Wildman–Crippen LogP) is 2.78. The molecule has 6 heteroatoms. The van der Waals surface area contributed by atoms with E-state index in [1.54, 1.807) is 36.5 Å². The summed E-state index contributed by atoms with van der Waals surface area (Å²) in [5.74, 6) is -0.322. The molecule has 2 aromatic heterocycles. The monoisotopic (exact) mass is 314 g/mol. The van der Waals surface area contributed by atoms with Crippen molar-refractivity contribution in [2.24, 2.45) is 0 Å². The van der Waals surface area contributed by atoms with Gasteiger partial charge in [0.05, 0.1) is 4.90 Å². The molecule has 0 spiro atoms. The van der Waals surface area contributed by atoms with Crippen molar-refractivity contribution in [3.63, 3.8) is 0 Å². The van der Waals surface area contributed by atoms with Crippen LogP contribution in [0.2, 0.25) is 0 Å². The molecule has 0 atom stereocenters. The van der Waals surface area contributed by atoms with Gasteiger partial charge in [0.15, 0.2) is 11.4 Å². The number of aryl methyl sites for hydroxylation is 1. The molecule has 0 saturated carbocycles. The van der Waals surface area contributed by atoms with Gasteiger partial charge < -0.3 is 0 Å². The van der Waals surface area contributed by atoms with Gasteiger partial charge in [-0.15, -0.1) is 0 Å². The number of aromatic nitrogens is 2. The van der Waals surface area contributed by atoms with Gasteiger partial charge in [0.2, 0.25) is 0 Å². The van der Waals surface area contributed by atoms with Crippen LogP contribution in [0.4, 0.5) is 0 Å². The summed E-state index contributed by atoms with van der Waals surface area (Å²) < 4.78 is 26.9. The van der Waals surface area contributed by atoms with Crippen molar-refractivity contribution in [3.8, 4) is 0 Å². The van der Waals surface area contributed by atoms with Crippen LogP contribution in [-0.4, -0.2) is 23.2 Å². The van der Waals surface area contributed by atoms with Gasteiger partial charge in [-0.05, 0) is 36.8 Å². The van der Waals surface area contributed by atoms with E-state index in [2.05, 4.69) is 4.98 Å². The van der Waals surface area contributed by atoms with Crippen LogP contribution in [0.15, 0.2) is 53.6 Å². The van der Waals surface area contributed by atoms with Gasteiger partial charge in [-0.25, -0.2) is 17.4 Å². The number of Topliss-reactive ketones (excluding diaryl/α,β-unsaturated/α-hetero) is 1. The summed E-state index contributed by atoms with van der Waals surface area (Å²) in [6, 6.07) is 11.4. The highest BCUT2D eigenvalue weighted by Crippen LogP contribution is 2.26. The Morgan fingerprint density at radius 1 is 1.14 bits per heavy atom. The maximum absolute atomic E-state index is 12.9. The summed E-state index contributed by atoms with van der Waals surface area (Å²) in [6.45, 7) is 3.20. The molecule has 0 bridgehead atoms. The van der Waals surface area contributed by atoms with Crippen LogP contribution in [0.1, 0.15) is 23.0 Å². The number of hydrogen-bond acceptors (Lipinski definition) is 4. The highest BCUT2D eigenvalue weighted by Gasteiger charge is 2.25. The highest BCUT2D eigenvalue weighted by molar-refractivity contribution is 7.90.